The number of methoxy groups -OCH3 is 1. The fourth-order valence-corrected chi connectivity index (χ4v) is 7.53. The molecule has 0 aromatic heterocycles. The number of nitrogens with two attached hydrogens (primary N) is 7. The Balaban J connectivity index is 3.16. The lowest BCUT2D eigenvalue weighted by Crippen LogP contribution is -2.60. The molecule has 0 bridgehead atoms. The lowest BCUT2D eigenvalue weighted by Gasteiger charge is -2.30. The molecule has 1 saturated heterocycles. The molecule has 73 heavy (non-hydrogen) atoms. The summed E-state index contributed by atoms with van der Waals surface area (Å²) in [5.74, 6) is -8.22. The van der Waals surface area contributed by atoms with Crippen molar-refractivity contribution in [3.8, 4) is 0 Å². The molecule has 0 aliphatic carbocycles. The molecule has 0 aromatic rings. The molecule has 0 radical (unpaired) electrons. The van der Waals surface area contributed by atoms with Gasteiger partial charge in [0, 0.05) is 38.0 Å². The number of unbranched alkanes of at least 4 members (excludes halogenated alkanes) is 2. The third kappa shape index (κ3) is 24.8. The van der Waals surface area contributed by atoms with E-state index in [1.165, 1.54) is 17.9 Å². The van der Waals surface area contributed by atoms with Crippen LogP contribution in [0.15, 0.2) is 16.6 Å². The van der Waals surface area contributed by atoms with Crippen molar-refractivity contribution in [2.24, 2.45) is 45.1 Å². The van der Waals surface area contributed by atoms with E-state index >= 15 is 0 Å². The van der Waals surface area contributed by atoms with Gasteiger partial charge in [0.1, 0.15) is 30.2 Å². The van der Waals surface area contributed by atoms with E-state index in [-0.39, 0.29) is 95.4 Å². The van der Waals surface area contributed by atoms with E-state index in [0.29, 0.717) is 45.2 Å². The first-order valence-corrected chi connectivity index (χ1v) is 24.6. The van der Waals surface area contributed by atoms with Gasteiger partial charge in [0.05, 0.1) is 31.8 Å². The zero-order chi connectivity index (χ0) is 55.0. The zero-order valence-corrected chi connectivity index (χ0v) is 42.1. The number of aliphatic carboxylic acids is 1. The Morgan fingerprint density at radius 1 is 0.740 bits per heavy atom. The summed E-state index contributed by atoms with van der Waals surface area (Å²) >= 11 is 0. The number of carboxylic acid groups (broad SMARTS) is 1. The van der Waals surface area contributed by atoms with Gasteiger partial charge in [-0.25, -0.2) is 4.79 Å². The van der Waals surface area contributed by atoms with E-state index < -0.39 is 121 Å². The predicted molar refractivity (Wildman–Crippen MR) is 267 cm³/mol. The number of rotatable bonds is 37. The number of guanidine groups is 1. The van der Waals surface area contributed by atoms with E-state index in [1.54, 1.807) is 0 Å². The summed E-state index contributed by atoms with van der Waals surface area (Å²) in [4.78, 5) is 137. The molecule has 22 N–H and O–H groups in total. The molecule has 7 amide bonds. The minimum atomic E-state index is -1.57. The number of aliphatic hydroxyl groups is 1. The van der Waals surface area contributed by atoms with Gasteiger partial charge in [-0.05, 0) is 104 Å². The topological polar surface area (TPSA) is 490 Å². The van der Waals surface area contributed by atoms with E-state index in [4.69, 9.17) is 44.9 Å². The first kappa shape index (κ1) is 64.7. The van der Waals surface area contributed by atoms with Crippen molar-refractivity contribution in [1.29, 1.82) is 0 Å². The number of carbonyl (C=O) groups is 10. The predicted octanol–water partition coefficient (Wildman–Crippen LogP) is -5.84. The molecule has 0 saturated carbocycles. The molecule has 28 nitrogen and oxygen atoms in total. The van der Waals surface area contributed by atoms with Gasteiger partial charge in [-0.1, -0.05) is 12.5 Å². The van der Waals surface area contributed by atoms with Crippen molar-refractivity contribution in [2.45, 2.75) is 152 Å². The number of Topliss-reactive ketones (excluding diaryl/α,β-unsaturated/α-hetero) is 1. The van der Waals surface area contributed by atoms with E-state index in [0.717, 1.165) is 7.11 Å². The Bertz CT molecular complexity index is 1900. The summed E-state index contributed by atoms with van der Waals surface area (Å²) in [7, 11) is 1.14. The molecule has 1 rings (SSSR count). The van der Waals surface area contributed by atoms with Crippen LogP contribution in [0.4, 0.5) is 0 Å². The number of carbonyl (C=O) groups excluding carboxylic acids is 9. The molecule has 0 aromatic carbocycles. The highest BCUT2D eigenvalue weighted by molar-refractivity contribution is 5.98. The fraction of sp³-hybridized carbons (Fsp3) is 0.711. The highest BCUT2D eigenvalue weighted by Gasteiger charge is 2.39. The summed E-state index contributed by atoms with van der Waals surface area (Å²) in [5, 5.41) is 35.0. The number of nitrogens with zero attached hydrogens (tertiary/aromatic N) is 2. The Kier molecular flexibility index (Phi) is 31.7. The van der Waals surface area contributed by atoms with Gasteiger partial charge < -0.3 is 91.9 Å². The lowest BCUT2D eigenvalue weighted by molar-refractivity contribution is -0.143. The summed E-state index contributed by atoms with van der Waals surface area (Å²) in [5.41, 5.74) is 39.0. The second-order valence-electron chi connectivity index (χ2n) is 17.5. The van der Waals surface area contributed by atoms with Crippen LogP contribution in [0.3, 0.4) is 0 Å². The smallest absolute Gasteiger partial charge is 0.331 e. The number of aliphatic hydroxyl groups excluding tert-OH is 1. The normalized spacial score (nSPS) is 16.2. The quantitative estimate of drug-likeness (QED) is 0.00906. The number of amides is 7. The summed E-state index contributed by atoms with van der Waals surface area (Å²) in [6.45, 7) is 1.22. The molecular weight excluding hydrogens is 959 g/mol. The number of ether oxygens (including phenoxy) is 1. The lowest BCUT2D eigenvalue weighted by atomic mass is 9.98. The van der Waals surface area contributed by atoms with E-state index in [2.05, 4.69) is 36.9 Å². The monoisotopic (exact) mass is 1040 g/mol. The second kappa shape index (κ2) is 35.7. The summed E-state index contributed by atoms with van der Waals surface area (Å²) in [6, 6.07) is -8.78. The van der Waals surface area contributed by atoms with Crippen molar-refractivity contribution in [3.05, 3.63) is 11.6 Å². The Labute approximate surface area is 425 Å². The van der Waals surface area contributed by atoms with Crippen LogP contribution in [0.1, 0.15) is 103 Å². The van der Waals surface area contributed by atoms with Crippen LogP contribution in [0.2, 0.25) is 0 Å². The van der Waals surface area contributed by atoms with Crippen molar-refractivity contribution in [2.75, 3.05) is 52.9 Å². The Hall–Kier alpha value is -6.33. The van der Waals surface area contributed by atoms with Gasteiger partial charge in [0.25, 0.3) is 0 Å². The SMILES string of the molecule is COC(=O)CC[C@H](NC(=O)[C@@H]1CCCN1C(=O)[C@@H](CCCN)NC(=O)CNC(=O)[C@H](C)NC(=O)[C@@H](NC(=O)[C@@H](N)CCCCN)[C@@H](O)CN)C(=O)N[C@@H](CCCCN)C(=O)CC/C(=C\CCN=C(N)N)C(=O)O. The van der Waals surface area contributed by atoms with Gasteiger partial charge in [0.15, 0.2) is 11.7 Å². The first-order valence-electron chi connectivity index (χ1n) is 24.6. The van der Waals surface area contributed by atoms with Crippen LogP contribution in [0, 0.1) is 0 Å². The second-order valence-corrected chi connectivity index (χ2v) is 17.5. The van der Waals surface area contributed by atoms with E-state index in [1.807, 2.05) is 0 Å². The maximum atomic E-state index is 14.1. The number of esters is 1. The maximum absolute atomic E-state index is 14.1. The van der Waals surface area contributed by atoms with Crippen molar-refractivity contribution in [3.63, 3.8) is 0 Å². The molecule has 414 valence electrons. The summed E-state index contributed by atoms with van der Waals surface area (Å²) in [6.07, 6.45) is 2.28. The first-order chi connectivity index (χ1) is 34.6. The molecule has 0 unspecified atom stereocenters. The highest BCUT2D eigenvalue weighted by atomic mass is 16.5. The Morgan fingerprint density at radius 3 is 1.99 bits per heavy atom. The Morgan fingerprint density at radius 2 is 1.38 bits per heavy atom. The van der Waals surface area contributed by atoms with Gasteiger partial charge in [-0.3, -0.25) is 48.1 Å². The van der Waals surface area contributed by atoms with Gasteiger partial charge in [0.2, 0.25) is 41.4 Å². The van der Waals surface area contributed by atoms with Crippen LogP contribution >= 0.6 is 0 Å². The number of aliphatic imine (C=N–C) groups is 1. The van der Waals surface area contributed by atoms with Gasteiger partial charge in [-0.15, -0.1) is 0 Å². The third-order valence-electron chi connectivity index (χ3n) is 11.7. The number of hydrogen-bond acceptors (Lipinski definition) is 18. The average molecular weight is 1040 g/mol. The van der Waals surface area contributed by atoms with Crippen LogP contribution in [0.5, 0.6) is 0 Å². The molecule has 1 fully saturated rings. The van der Waals surface area contributed by atoms with E-state index in [9.17, 15) is 58.2 Å². The molecule has 28 heteroatoms. The highest BCUT2D eigenvalue weighted by Crippen LogP contribution is 2.21. The summed E-state index contributed by atoms with van der Waals surface area (Å²) < 4.78 is 4.75. The van der Waals surface area contributed by atoms with Gasteiger partial charge >= 0.3 is 11.9 Å². The maximum Gasteiger partial charge on any atom is 0.331 e. The number of hydrogen-bond donors (Lipinski definition) is 15. The molecule has 1 aliphatic rings. The van der Waals surface area contributed by atoms with Crippen LogP contribution < -0.4 is 72.0 Å². The van der Waals surface area contributed by atoms with Gasteiger partial charge in [-0.2, -0.15) is 0 Å². The van der Waals surface area contributed by atoms with Crippen molar-refractivity contribution in [1.82, 2.24) is 36.8 Å². The van der Waals surface area contributed by atoms with Crippen LogP contribution in [-0.2, 0) is 52.7 Å². The fourth-order valence-electron chi connectivity index (χ4n) is 7.53. The average Bonchev–Trinajstić information content (AvgIpc) is 3.86. The molecular formula is C45H81N15O13. The van der Waals surface area contributed by atoms with Crippen LogP contribution in [0.25, 0.3) is 0 Å². The zero-order valence-electron chi connectivity index (χ0n) is 42.1. The van der Waals surface area contributed by atoms with Crippen molar-refractivity contribution >= 4 is 65.0 Å². The number of carboxylic acids is 1. The number of nitrogens with one attached hydrogen (secondary N) is 6. The minimum absolute atomic E-state index is 0.0328. The molecule has 8 atom stereocenters. The largest absolute Gasteiger partial charge is 0.478 e. The molecule has 1 heterocycles. The standard InChI is InChI=1S/C45H81N15O13/c1-26(55-42(69)37(34(62)24-49)59-39(66)28(50)11-3-5-19-46)38(65)54-25-35(63)56-31(13-7-21-48)43(70)60-23-9-14-32(60)41(68)58-30(16-18-36(64)73-2)40(67)57-29(12-4-6-20-47)33(61)17-15-27(44(71)72)10-8-22-53-45(51)52/h10,26,28-32,34,37,62H,3-9,11-25,46-50H2,1-2H3,(H,54,65)(H,55,69)(H,56,63)(H,57,67)(H,58,68)(H,59,66)(H,71,72)(H4,51,52,53)/b27-10+/t26-,28-,29-,30-,31+,32-,34-,37-/m0/s1. The molecule has 0 spiro atoms. The minimum Gasteiger partial charge on any atom is -0.478 e. The van der Waals surface area contributed by atoms with Crippen molar-refractivity contribution < 1.29 is 62.9 Å². The molecule has 1 aliphatic heterocycles. The van der Waals surface area contributed by atoms with Crippen LogP contribution in [-0.4, -0.2) is 181 Å². The number of ketones is 1. The third-order valence-corrected chi connectivity index (χ3v) is 11.7. The number of likely N-dealkylation sites (tertiary alicyclic amines) is 1.